The first-order valence-electron chi connectivity index (χ1n) is 7.28. The first-order chi connectivity index (χ1) is 10.0. The van der Waals surface area contributed by atoms with E-state index in [1.54, 1.807) is 4.68 Å². The Morgan fingerprint density at radius 2 is 2.19 bits per heavy atom. The third-order valence-electron chi connectivity index (χ3n) is 3.78. The number of aryl methyl sites for hydroxylation is 1. The quantitative estimate of drug-likeness (QED) is 0.874. The summed E-state index contributed by atoms with van der Waals surface area (Å²) in [6.45, 7) is 6.86. The number of nitrogens with zero attached hydrogens (tertiary/aromatic N) is 5. The predicted molar refractivity (Wildman–Crippen MR) is 82.2 cm³/mol. The minimum Gasteiger partial charge on any atom is -0.293 e. The molecule has 2 aromatic rings. The Morgan fingerprint density at radius 3 is 2.86 bits per heavy atom. The van der Waals surface area contributed by atoms with Gasteiger partial charge in [0, 0.05) is 62.7 Å². The van der Waals surface area contributed by atoms with E-state index in [0.29, 0.717) is 5.92 Å². The first-order valence-corrected chi connectivity index (χ1v) is 7.66. The van der Waals surface area contributed by atoms with Crippen LogP contribution in [0.2, 0.25) is 5.02 Å². The second kappa shape index (κ2) is 5.73. The van der Waals surface area contributed by atoms with Gasteiger partial charge in [0.25, 0.3) is 0 Å². The van der Waals surface area contributed by atoms with Crippen LogP contribution in [0, 0.1) is 0 Å². The molecular formula is C15H20ClN5. The van der Waals surface area contributed by atoms with Gasteiger partial charge in [0.15, 0.2) is 0 Å². The van der Waals surface area contributed by atoms with Gasteiger partial charge in [-0.05, 0) is 0 Å². The molecule has 0 fully saturated rings. The molecule has 21 heavy (non-hydrogen) atoms. The molecule has 6 heteroatoms. The van der Waals surface area contributed by atoms with E-state index >= 15 is 0 Å². The molecule has 0 bridgehead atoms. The molecule has 2 aromatic heterocycles. The SMILES string of the molecule is CC(C)c1ncc2c(n1)CCN(Cc1nn(C)cc1Cl)C2. The van der Waals surface area contributed by atoms with Crippen molar-refractivity contribution in [3.8, 4) is 0 Å². The van der Waals surface area contributed by atoms with Crippen molar-refractivity contribution in [3.05, 3.63) is 40.2 Å². The van der Waals surface area contributed by atoms with Crippen LogP contribution in [-0.2, 0) is 26.6 Å². The van der Waals surface area contributed by atoms with Crippen LogP contribution in [0.25, 0.3) is 0 Å². The molecule has 0 saturated heterocycles. The first kappa shape index (κ1) is 14.5. The normalized spacial score (nSPS) is 15.5. The summed E-state index contributed by atoms with van der Waals surface area (Å²) >= 11 is 6.19. The Morgan fingerprint density at radius 1 is 1.38 bits per heavy atom. The van der Waals surface area contributed by atoms with Crippen LogP contribution < -0.4 is 0 Å². The van der Waals surface area contributed by atoms with Gasteiger partial charge in [-0.3, -0.25) is 9.58 Å². The Bertz CT molecular complexity index is 650. The van der Waals surface area contributed by atoms with Crippen molar-refractivity contribution in [2.45, 2.75) is 39.3 Å². The van der Waals surface area contributed by atoms with Crippen LogP contribution in [-0.4, -0.2) is 31.2 Å². The molecule has 0 radical (unpaired) electrons. The lowest BCUT2D eigenvalue weighted by molar-refractivity contribution is 0.239. The van der Waals surface area contributed by atoms with Crippen molar-refractivity contribution in [1.29, 1.82) is 0 Å². The fourth-order valence-electron chi connectivity index (χ4n) is 2.63. The number of aromatic nitrogens is 4. The summed E-state index contributed by atoms with van der Waals surface area (Å²) in [5.41, 5.74) is 3.34. The summed E-state index contributed by atoms with van der Waals surface area (Å²) in [5.74, 6) is 1.32. The summed E-state index contributed by atoms with van der Waals surface area (Å²) in [5, 5.41) is 5.14. The zero-order chi connectivity index (χ0) is 15.0. The number of hydrogen-bond donors (Lipinski definition) is 0. The van der Waals surface area contributed by atoms with Gasteiger partial charge in [-0.15, -0.1) is 0 Å². The third-order valence-corrected chi connectivity index (χ3v) is 4.09. The van der Waals surface area contributed by atoms with E-state index in [1.165, 1.54) is 11.3 Å². The van der Waals surface area contributed by atoms with Crippen molar-refractivity contribution in [3.63, 3.8) is 0 Å². The zero-order valence-corrected chi connectivity index (χ0v) is 13.4. The van der Waals surface area contributed by atoms with Gasteiger partial charge < -0.3 is 0 Å². The lowest BCUT2D eigenvalue weighted by Crippen LogP contribution is -2.31. The molecule has 3 heterocycles. The van der Waals surface area contributed by atoms with Crippen molar-refractivity contribution in [2.75, 3.05) is 6.54 Å². The van der Waals surface area contributed by atoms with Crippen molar-refractivity contribution in [2.24, 2.45) is 7.05 Å². The van der Waals surface area contributed by atoms with E-state index in [-0.39, 0.29) is 0 Å². The van der Waals surface area contributed by atoms with Gasteiger partial charge in [-0.1, -0.05) is 25.4 Å². The standard InChI is InChI=1S/C15H20ClN5/c1-10(2)15-17-6-11-7-21(5-4-13(11)18-15)9-14-12(16)8-20(3)19-14/h6,8,10H,4-5,7,9H2,1-3H3. The summed E-state index contributed by atoms with van der Waals surface area (Å²) in [6.07, 6.45) is 4.78. The second-order valence-electron chi connectivity index (χ2n) is 5.91. The lowest BCUT2D eigenvalue weighted by Gasteiger charge is -2.27. The van der Waals surface area contributed by atoms with Gasteiger partial charge in [-0.2, -0.15) is 5.10 Å². The van der Waals surface area contributed by atoms with E-state index in [2.05, 4.69) is 28.8 Å². The number of fused-ring (bicyclic) bond motifs is 1. The third kappa shape index (κ3) is 3.09. The van der Waals surface area contributed by atoms with E-state index in [1.807, 2.05) is 19.4 Å². The maximum absolute atomic E-state index is 6.19. The maximum Gasteiger partial charge on any atom is 0.131 e. The highest BCUT2D eigenvalue weighted by Crippen LogP contribution is 2.22. The fraction of sp³-hybridized carbons (Fsp3) is 0.533. The Balaban J connectivity index is 1.74. The summed E-state index contributed by atoms with van der Waals surface area (Å²) in [7, 11) is 1.89. The predicted octanol–water partition coefficient (Wildman–Crippen LogP) is 2.55. The van der Waals surface area contributed by atoms with E-state index in [4.69, 9.17) is 16.6 Å². The van der Waals surface area contributed by atoms with Crippen LogP contribution in [0.1, 0.15) is 42.5 Å². The Kier molecular flexibility index (Phi) is 3.95. The van der Waals surface area contributed by atoms with Crippen molar-refractivity contribution < 1.29 is 0 Å². The molecule has 0 N–H and O–H groups in total. The molecular weight excluding hydrogens is 286 g/mol. The molecule has 0 saturated carbocycles. The van der Waals surface area contributed by atoms with Crippen LogP contribution in [0.15, 0.2) is 12.4 Å². The molecule has 1 aliphatic heterocycles. The van der Waals surface area contributed by atoms with Gasteiger partial charge in [-0.25, -0.2) is 9.97 Å². The average molecular weight is 306 g/mol. The zero-order valence-electron chi connectivity index (χ0n) is 12.7. The van der Waals surface area contributed by atoms with E-state index in [0.717, 1.165) is 42.6 Å². The molecule has 0 atom stereocenters. The second-order valence-corrected chi connectivity index (χ2v) is 6.32. The highest BCUT2D eigenvalue weighted by atomic mass is 35.5. The summed E-state index contributed by atoms with van der Waals surface area (Å²) in [6, 6.07) is 0. The van der Waals surface area contributed by atoms with Gasteiger partial charge in [0.05, 0.1) is 10.7 Å². The van der Waals surface area contributed by atoms with Crippen molar-refractivity contribution >= 4 is 11.6 Å². The molecule has 0 unspecified atom stereocenters. The van der Waals surface area contributed by atoms with Gasteiger partial charge >= 0.3 is 0 Å². The van der Waals surface area contributed by atoms with Crippen LogP contribution in [0.4, 0.5) is 0 Å². The highest BCUT2D eigenvalue weighted by molar-refractivity contribution is 6.31. The molecule has 112 valence electrons. The molecule has 5 nitrogen and oxygen atoms in total. The summed E-state index contributed by atoms with van der Waals surface area (Å²) in [4.78, 5) is 11.5. The minimum atomic E-state index is 0.376. The highest BCUT2D eigenvalue weighted by Gasteiger charge is 2.20. The number of hydrogen-bond acceptors (Lipinski definition) is 4. The number of halogens is 1. The average Bonchev–Trinajstić information content (AvgIpc) is 2.76. The van der Waals surface area contributed by atoms with E-state index in [9.17, 15) is 0 Å². The van der Waals surface area contributed by atoms with Crippen LogP contribution in [0.5, 0.6) is 0 Å². The Hall–Kier alpha value is -1.46. The van der Waals surface area contributed by atoms with E-state index < -0.39 is 0 Å². The summed E-state index contributed by atoms with van der Waals surface area (Å²) < 4.78 is 1.76. The molecule has 1 aliphatic rings. The molecule has 0 aromatic carbocycles. The smallest absolute Gasteiger partial charge is 0.131 e. The topological polar surface area (TPSA) is 46.8 Å². The molecule has 3 rings (SSSR count). The number of rotatable bonds is 3. The lowest BCUT2D eigenvalue weighted by atomic mass is 10.1. The Labute approximate surface area is 130 Å². The van der Waals surface area contributed by atoms with Crippen LogP contribution >= 0.6 is 11.6 Å². The van der Waals surface area contributed by atoms with Crippen molar-refractivity contribution in [1.82, 2.24) is 24.6 Å². The molecule has 0 spiro atoms. The fourth-order valence-corrected chi connectivity index (χ4v) is 2.87. The maximum atomic E-state index is 6.19. The monoisotopic (exact) mass is 305 g/mol. The molecule has 0 aliphatic carbocycles. The van der Waals surface area contributed by atoms with Gasteiger partial charge in [0.2, 0.25) is 0 Å². The van der Waals surface area contributed by atoms with Gasteiger partial charge in [0.1, 0.15) is 5.82 Å². The largest absolute Gasteiger partial charge is 0.293 e. The molecule has 0 amide bonds. The van der Waals surface area contributed by atoms with Crippen LogP contribution in [0.3, 0.4) is 0 Å². The minimum absolute atomic E-state index is 0.376.